The average molecular weight is 375 g/mol. The summed E-state index contributed by atoms with van der Waals surface area (Å²) in [6.07, 6.45) is 1.64. The Morgan fingerprint density at radius 3 is 2.65 bits per heavy atom. The molecule has 5 heteroatoms. The molecule has 0 atom stereocenters. The highest BCUT2D eigenvalue weighted by molar-refractivity contribution is 9.10. The summed E-state index contributed by atoms with van der Waals surface area (Å²) in [5.41, 5.74) is 6.72. The Labute approximate surface area is 144 Å². The maximum Gasteiger partial charge on any atom is 0.277 e. The van der Waals surface area contributed by atoms with E-state index in [1.165, 1.54) is 5.56 Å². The molecule has 120 valence electrons. The van der Waals surface area contributed by atoms with Gasteiger partial charge in [0.05, 0.1) is 6.21 Å². The van der Waals surface area contributed by atoms with Gasteiger partial charge in [0.15, 0.2) is 6.61 Å². The maximum atomic E-state index is 11.8. The summed E-state index contributed by atoms with van der Waals surface area (Å²) in [7, 11) is 0. The van der Waals surface area contributed by atoms with E-state index in [2.05, 4.69) is 32.5 Å². The maximum absolute atomic E-state index is 11.8. The van der Waals surface area contributed by atoms with E-state index in [0.29, 0.717) is 5.75 Å². The second-order valence-corrected chi connectivity index (χ2v) is 6.27. The molecule has 0 fully saturated rings. The van der Waals surface area contributed by atoms with Gasteiger partial charge in [-0.25, -0.2) is 5.43 Å². The summed E-state index contributed by atoms with van der Waals surface area (Å²) in [6, 6.07) is 11.7. The van der Waals surface area contributed by atoms with Crippen LogP contribution in [0, 0.1) is 20.8 Å². The number of hydrogen-bond acceptors (Lipinski definition) is 3. The fourth-order valence-corrected chi connectivity index (χ4v) is 2.57. The van der Waals surface area contributed by atoms with Gasteiger partial charge in [-0.2, -0.15) is 5.10 Å². The Hall–Kier alpha value is -2.14. The Kier molecular flexibility index (Phi) is 5.93. The van der Waals surface area contributed by atoms with Crippen molar-refractivity contribution in [3.8, 4) is 5.75 Å². The number of carbonyl (C=O) groups is 1. The first-order chi connectivity index (χ1) is 11.0. The van der Waals surface area contributed by atoms with Crippen LogP contribution < -0.4 is 10.2 Å². The van der Waals surface area contributed by atoms with Crippen LogP contribution in [-0.4, -0.2) is 18.7 Å². The van der Waals surface area contributed by atoms with E-state index < -0.39 is 0 Å². The average Bonchev–Trinajstić information content (AvgIpc) is 2.48. The van der Waals surface area contributed by atoms with Gasteiger partial charge in [-0.05, 0) is 55.7 Å². The van der Waals surface area contributed by atoms with Crippen molar-refractivity contribution in [3.63, 3.8) is 0 Å². The van der Waals surface area contributed by atoms with E-state index in [4.69, 9.17) is 4.74 Å². The first-order valence-electron chi connectivity index (χ1n) is 7.24. The van der Waals surface area contributed by atoms with Crippen molar-refractivity contribution in [2.45, 2.75) is 20.8 Å². The van der Waals surface area contributed by atoms with Crippen LogP contribution >= 0.6 is 15.9 Å². The van der Waals surface area contributed by atoms with Crippen molar-refractivity contribution in [2.75, 3.05) is 6.61 Å². The number of rotatable bonds is 5. The quantitative estimate of drug-likeness (QED) is 0.637. The summed E-state index contributed by atoms with van der Waals surface area (Å²) >= 11 is 3.39. The standard InChI is InChI=1S/C18H19BrN2O2/c1-12-4-5-15(13(2)8-12)10-20-21-18(22)11-23-17-7-6-16(19)9-14(17)3/h4-10H,11H2,1-3H3,(H,21,22)/b20-10+. The molecule has 0 radical (unpaired) electrons. The minimum atomic E-state index is -0.298. The number of amides is 1. The molecule has 2 aromatic rings. The zero-order valence-electron chi connectivity index (χ0n) is 13.4. The summed E-state index contributed by atoms with van der Waals surface area (Å²) in [6.45, 7) is 5.90. The van der Waals surface area contributed by atoms with Crippen molar-refractivity contribution >= 4 is 28.1 Å². The van der Waals surface area contributed by atoms with E-state index in [9.17, 15) is 4.79 Å². The van der Waals surface area contributed by atoms with Crippen molar-refractivity contribution in [2.24, 2.45) is 5.10 Å². The summed E-state index contributed by atoms with van der Waals surface area (Å²) in [4.78, 5) is 11.8. The molecule has 0 aromatic heterocycles. The molecular weight excluding hydrogens is 356 g/mol. The molecule has 0 spiro atoms. The third-order valence-corrected chi connectivity index (χ3v) is 3.81. The minimum Gasteiger partial charge on any atom is -0.483 e. The van der Waals surface area contributed by atoms with Gasteiger partial charge in [0, 0.05) is 4.47 Å². The van der Waals surface area contributed by atoms with Gasteiger partial charge in [-0.15, -0.1) is 0 Å². The Morgan fingerprint density at radius 2 is 1.96 bits per heavy atom. The number of aryl methyl sites for hydroxylation is 3. The number of nitrogens with zero attached hydrogens (tertiary/aromatic N) is 1. The predicted octanol–water partition coefficient (Wildman–Crippen LogP) is 3.90. The Balaban J connectivity index is 1.86. The lowest BCUT2D eigenvalue weighted by atomic mass is 10.1. The number of ether oxygens (including phenoxy) is 1. The molecule has 2 aromatic carbocycles. The zero-order chi connectivity index (χ0) is 16.8. The number of hydrogen-bond donors (Lipinski definition) is 1. The molecule has 0 aliphatic carbocycles. The van der Waals surface area contributed by atoms with Crippen LogP contribution in [0.4, 0.5) is 0 Å². The molecule has 0 saturated carbocycles. The molecule has 2 rings (SSSR count). The smallest absolute Gasteiger partial charge is 0.277 e. The Bertz CT molecular complexity index is 742. The molecule has 0 saturated heterocycles. The largest absolute Gasteiger partial charge is 0.483 e. The normalized spacial score (nSPS) is 10.8. The molecule has 0 bridgehead atoms. The van der Waals surface area contributed by atoms with Crippen molar-refractivity contribution < 1.29 is 9.53 Å². The molecule has 4 nitrogen and oxygen atoms in total. The third-order valence-electron chi connectivity index (χ3n) is 3.31. The van der Waals surface area contributed by atoms with Crippen LogP contribution in [0.15, 0.2) is 46.0 Å². The number of nitrogens with one attached hydrogen (secondary N) is 1. The van der Waals surface area contributed by atoms with Gasteiger partial charge >= 0.3 is 0 Å². The number of hydrazone groups is 1. The highest BCUT2D eigenvalue weighted by atomic mass is 79.9. The summed E-state index contributed by atoms with van der Waals surface area (Å²) in [5, 5.41) is 3.97. The van der Waals surface area contributed by atoms with Gasteiger partial charge in [-0.1, -0.05) is 39.7 Å². The second-order valence-electron chi connectivity index (χ2n) is 5.35. The van der Waals surface area contributed by atoms with E-state index >= 15 is 0 Å². The molecule has 0 aliphatic heterocycles. The number of carbonyl (C=O) groups excluding carboxylic acids is 1. The van der Waals surface area contributed by atoms with Crippen LogP contribution in [0.25, 0.3) is 0 Å². The first-order valence-corrected chi connectivity index (χ1v) is 8.03. The molecule has 23 heavy (non-hydrogen) atoms. The highest BCUT2D eigenvalue weighted by Gasteiger charge is 2.04. The summed E-state index contributed by atoms with van der Waals surface area (Å²) in [5.74, 6) is 0.384. The van der Waals surface area contributed by atoms with Crippen LogP contribution in [0.1, 0.15) is 22.3 Å². The predicted molar refractivity (Wildman–Crippen MR) is 96.0 cm³/mol. The van der Waals surface area contributed by atoms with E-state index in [1.807, 2.05) is 51.1 Å². The lowest BCUT2D eigenvalue weighted by molar-refractivity contribution is -0.123. The topological polar surface area (TPSA) is 50.7 Å². The van der Waals surface area contributed by atoms with Gasteiger partial charge < -0.3 is 4.74 Å². The van der Waals surface area contributed by atoms with E-state index in [0.717, 1.165) is 21.2 Å². The van der Waals surface area contributed by atoms with Crippen molar-refractivity contribution in [1.82, 2.24) is 5.43 Å². The second kappa shape index (κ2) is 7.92. The number of benzene rings is 2. The molecule has 0 aliphatic rings. The molecule has 0 heterocycles. The fourth-order valence-electron chi connectivity index (χ4n) is 2.09. The van der Waals surface area contributed by atoms with Crippen LogP contribution in [0.2, 0.25) is 0 Å². The van der Waals surface area contributed by atoms with Gasteiger partial charge in [0.1, 0.15) is 5.75 Å². The molecule has 0 unspecified atom stereocenters. The molecule has 1 amide bonds. The van der Waals surface area contributed by atoms with E-state index in [-0.39, 0.29) is 12.5 Å². The highest BCUT2D eigenvalue weighted by Crippen LogP contribution is 2.21. The monoisotopic (exact) mass is 374 g/mol. The number of halogens is 1. The van der Waals surface area contributed by atoms with Crippen LogP contribution in [-0.2, 0) is 4.79 Å². The lowest BCUT2D eigenvalue weighted by Gasteiger charge is -2.08. The first kappa shape index (κ1) is 17.2. The van der Waals surface area contributed by atoms with Gasteiger partial charge in [0.2, 0.25) is 0 Å². The van der Waals surface area contributed by atoms with Crippen LogP contribution in [0.3, 0.4) is 0 Å². The third kappa shape index (κ3) is 5.21. The van der Waals surface area contributed by atoms with Crippen LogP contribution in [0.5, 0.6) is 5.75 Å². The van der Waals surface area contributed by atoms with Gasteiger partial charge in [0.25, 0.3) is 5.91 Å². The van der Waals surface area contributed by atoms with E-state index in [1.54, 1.807) is 6.21 Å². The molecule has 1 N–H and O–H groups in total. The summed E-state index contributed by atoms with van der Waals surface area (Å²) < 4.78 is 6.47. The molecular formula is C18H19BrN2O2. The lowest BCUT2D eigenvalue weighted by Crippen LogP contribution is -2.24. The van der Waals surface area contributed by atoms with Gasteiger partial charge in [-0.3, -0.25) is 4.79 Å². The fraction of sp³-hybridized carbons (Fsp3) is 0.222. The SMILES string of the molecule is Cc1ccc(/C=N/NC(=O)COc2ccc(Br)cc2C)c(C)c1. The Morgan fingerprint density at radius 1 is 1.17 bits per heavy atom. The zero-order valence-corrected chi connectivity index (χ0v) is 15.0. The van der Waals surface area contributed by atoms with Crippen molar-refractivity contribution in [1.29, 1.82) is 0 Å². The van der Waals surface area contributed by atoms with Crippen molar-refractivity contribution in [3.05, 3.63) is 63.1 Å². The minimum absolute atomic E-state index is 0.0767.